The smallest absolute Gasteiger partial charge is 0.168 e. The number of hydrogen-bond donors (Lipinski definition) is 1. The third kappa shape index (κ3) is 1.89. The lowest BCUT2D eigenvalue weighted by molar-refractivity contribution is -0.113. The summed E-state index contributed by atoms with van der Waals surface area (Å²) in [5.41, 5.74) is 6.29. The summed E-state index contributed by atoms with van der Waals surface area (Å²) in [7, 11) is 0. The molecule has 2 aromatic heterocycles. The molecule has 0 saturated heterocycles. The van der Waals surface area contributed by atoms with E-state index in [2.05, 4.69) is 10.2 Å². The lowest BCUT2D eigenvalue weighted by Gasteiger charge is -2.22. The summed E-state index contributed by atoms with van der Waals surface area (Å²) in [6, 6.07) is 4.06. The summed E-state index contributed by atoms with van der Waals surface area (Å²) < 4.78 is 0. The molecule has 0 saturated carbocycles. The van der Waals surface area contributed by atoms with E-state index in [1.165, 1.54) is 22.9 Å². The second-order valence-corrected chi connectivity index (χ2v) is 6.55. The Morgan fingerprint density at radius 3 is 2.83 bits per heavy atom. The maximum Gasteiger partial charge on any atom is 0.168 e. The Morgan fingerprint density at radius 2 is 1.96 bits per heavy atom. The standard InChI is InChI=1S/C20H17N3O/c24-18-8-4-3-7-14(18)20-13-6-2-1-5-12(13)19-15-11-21-23-16(15)9-10-17(19)22-20/h3-4,7,9-11H,1-2,5-6,8H2,(H,21,23). The number of aryl methyl sites for hydroxylation is 1. The predicted molar refractivity (Wildman–Crippen MR) is 94.8 cm³/mol. The highest BCUT2D eigenvalue weighted by atomic mass is 16.1. The fourth-order valence-corrected chi connectivity index (χ4v) is 4.02. The van der Waals surface area contributed by atoms with Gasteiger partial charge in [0.25, 0.3) is 0 Å². The van der Waals surface area contributed by atoms with Gasteiger partial charge >= 0.3 is 0 Å². The van der Waals surface area contributed by atoms with E-state index in [-0.39, 0.29) is 5.78 Å². The molecular formula is C20H17N3O. The molecule has 2 aliphatic carbocycles. The average molecular weight is 315 g/mol. The topological polar surface area (TPSA) is 58.6 Å². The molecule has 118 valence electrons. The van der Waals surface area contributed by atoms with Crippen molar-refractivity contribution in [3.8, 4) is 0 Å². The zero-order valence-electron chi connectivity index (χ0n) is 13.3. The van der Waals surface area contributed by atoms with Crippen molar-refractivity contribution in [3.63, 3.8) is 0 Å². The first-order valence-corrected chi connectivity index (χ1v) is 8.51. The number of nitrogens with one attached hydrogen (secondary N) is 1. The van der Waals surface area contributed by atoms with Crippen molar-refractivity contribution < 1.29 is 4.79 Å². The van der Waals surface area contributed by atoms with Crippen LogP contribution < -0.4 is 0 Å². The molecule has 0 unspecified atom stereocenters. The van der Waals surface area contributed by atoms with Gasteiger partial charge in [0.2, 0.25) is 0 Å². The highest BCUT2D eigenvalue weighted by Crippen LogP contribution is 2.37. The zero-order valence-corrected chi connectivity index (χ0v) is 13.3. The van der Waals surface area contributed by atoms with Crippen LogP contribution in [0, 0.1) is 0 Å². The number of pyridine rings is 1. The molecule has 24 heavy (non-hydrogen) atoms. The molecule has 0 amide bonds. The molecule has 4 heteroatoms. The van der Waals surface area contributed by atoms with Crippen LogP contribution in [0.4, 0.5) is 0 Å². The number of aromatic nitrogens is 3. The van der Waals surface area contributed by atoms with Gasteiger partial charge in [-0.25, -0.2) is 4.98 Å². The first-order chi connectivity index (χ1) is 11.8. The fourth-order valence-electron chi connectivity index (χ4n) is 4.02. The van der Waals surface area contributed by atoms with Crippen molar-refractivity contribution in [2.45, 2.75) is 32.1 Å². The molecule has 0 fully saturated rings. The Morgan fingerprint density at radius 1 is 1.08 bits per heavy atom. The number of allylic oxidation sites excluding steroid dienone is 4. The number of H-pyrrole nitrogens is 1. The van der Waals surface area contributed by atoms with Crippen molar-refractivity contribution in [2.75, 3.05) is 0 Å². The molecule has 5 rings (SSSR count). The second-order valence-electron chi connectivity index (χ2n) is 6.55. The first kappa shape index (κ1) is 13.7. The third-order valence-electron chi connectivity index (χ3n) is 5.15. The number of rotatable bonds is 1. The second kappa shape index (κ2) is 5.13. The normalized spacial score (nSPS) is 17.3. The lowest BCUT2D eigenvalue weighted by Crippen LogP contribution is -2.13. The maximum atomic E-state index is 12.4. The van der Waals surface area contributed by atoms with Crippen LogP contribution >= 0.6 is 0 Å². The highest BCUT2D eigenvalue weighted by Gasteiger charge is 2.24. The Labute approximate surface area is 139 Å². The number of carbonyl (C=O) groups is 1. The van der Waals surface area contributed by atoms with Gasteiger partial charge in [0.05, 0.1) is 22.9 Å². The summed E-state index contributed by atoms with van der Waals surface area (Å²) in [5, 5.41) is 9.59. The summed E-state index contributed by atoms with van der Waals surface area (Å²) in [5.74, 6) is 0.168. The number of aromatic amines is 1. The molecule has 1 aromatic carbocycles. The van der Waals surface area contributed by atoms with E-state index in [1.807, 2.05) is 36.6 Å². The molecule has 1 N–H and O–H groups in total. The van der Waals surface area contributed by atoms with E-state index >= 15 is 0 Å². The molecule has 0 radical (unpaired) electrons. The van der Waals surface area contributed by atoms with Gasteiger partial charge in [-0.3, -0.25) is 9.89 Å². The minimum absolute atomic E-state index is 0.168. The van der Waals surface area contributed by atoms with Gasteiger partial charge in [-0.1, -0.05) is 12.2 Å². The lowest BCUT2D eigenvalue weighted by atomic mass is 9.84. The first-order valence-electron chi connectivity index (χ1n) is 8.51. The van der Waals surface area contributed by atoms with Crippen LogP contribution in [-0.4, -0.2) is 21.0 Å². The van der Waals surface area contributed by atoms with Crippen molar-refractivity contribution in [2.24, 2.45) is 0 Å². The van der Waals surface area contributed by atoms with E-state index < -0.39 is 0 Å². The third-order valence-corrected chi connectivity index (χ3v) is 5.15. The molecule has 2 heterocycles. The van der Waals surface area contributed by atoms with Crippen LogP contribution in [0.25, 0.3) is 27.4 Å². The molecule has 3 aromatic rings. The summed E-state index contributed by atoms with van der Waals surface area (Å²) in [4.78, 5) is 17.3. The SMILES string of the molecule is O=C1CC=CC=C1c1nc2ccc3[nH]ncc3c2c2c1CCCC2. The van der Waals surface area contributed by atoms with Gasteiger partial charge in [-0.15, -0.1) is 0 Å². The summed E-state index contributed by atoms with van der Waals surface area (Å²) in [6.45, 7) is 0. The number of Topliss-reactive ketones (excluding diaryl/α,β-unsaturated/α-hetero) is 1. The number of carbonyl (C=O) groups excluding carboxylic acids is 1. The van der Waals surface area contributed by atoms with E-state index in [4.69, 9.17) is 4.98 Å². The van der Waals surface area contributed by atoms with Gasteiger partial charge in [0, 0.05) is 22.8 Å². The molecule has 0 atom stereocenters. The molecule has 0 bridgehead atoms. The molecular weight excluding hydrogens is 298 g/mol. The quantitative estimate of drug-likeness (QED) is 0.741. The zero-order chi connectivity index (χ0) is 16.1. The summed E-state index contributed by atoms with van der Waals surface area (Å²) in [6.07, 6.45) is 12.6. The van der Waals surface area contributed by atoms with Gasteiger partial charge < -0.3 is 0 Å². The largest absolute Gasteiger partial charge is 0.294 e. The van der Waals surface area contributed by atoms with Crippen molar-refractivity contribution in [1.29, 1.82) is 0 Å². The minimum Gasteiger partial charge on any atom is -0.294 e. The van der Waals surface area contributed by atoms with Crippen LogP contribution in [0.3, 0.4) is 0 Å². The van der Waals surface area contributed by atoms with Crippen LogP contribution in [0.15, 0.2) is 36.6 Å². The van der Waals surface area contributed by atoms with Gasteiger partial charge in [0.1, 0.15) is 0 Å². The van der Waals surface area contributed by atoms with Crippen molar-refractivity contribution >= 4 is 33.2 Å². The highest BCUT2D eigenvalue weighted by molar-refractivity contribution is 6.23. The van der Waals surface area contributed by atoms with Crippen LogP contribution in [0.2, 0.25) is 0 Å². The maximum absolute atomic E-state index is 12.4. The van der Waals surface area contributed by atoms with Gasteiger partial charge in [-0.05, 0) is 55.0 Å². The van der Waals surface area contributed by atoms with Crippen molar-refractivity contribution in [1.82, 2.24) is 15.2 Å². The Balaban J connectivity index is 1.89. The summed E-state index contributed by atoms with van der Waals surface area (Å²) >= 11 is 0. The molecule has 4 nitrogen and oxygen atoms in total. The van der Waals surface area contributed by atoms with E-state index in [0.29, 0.717) is 6.42 Å². The number of nitrogens with zero attached hydrogens (tertiary/aromatic N) is 2. The van der Waals surface area contributed by atoms with Crippen LogP contribution in [-0.2, 0) is 17.6 Å². The number of benzene rings is 1. The Kier molecular flexibility index (Phi) is 2.92. The molecule has 0 spiro atoms. The van der Waals surface area contributed by atoms with E-state index in [1.54, 1.807) is 0 Å². The fraction of sp³-hybridized carbons (Fsp3) is 0.250. The number of fused-ring (bicyclic) bond motifs is 5. The van der Waals surface area contributed by atoms with Gasteiger partial charge in [0.15, 0.2) is 5.78 Å². The van der Waals surface area contributed by atoms with Crippen molar-refractivity contribution in [3.05, 3.63) is 53.4 Å². The van der Waals surface area contributed by atoms with Crippen LogP contribution in [0.1, 0.15) is 36.1 Å². The predicted octanol–water partition coefficient (Wildman–Crippen LogP) is 3.90. The minimum atomic E-state index is 0.168. The average Bonchev–Trinajstić information content (AvgIpc) is 3.10. The molecule has 2 aliphatic rings. The van der Waals surface area contributed by atoms with E-state index in [0.717, 1.165) is 46.9 Å². The Bertz CT molecular complexity index is 1060. The Hall–Kier alpha value is -2.75. The van der Waals surface area contributed by atoms with Crippen LogP contribution in [0.5, 0.6) is 0 Å². The van der Waals surface area contributed by atoms with E-state index in [9.17, 15) is 4.79 Å². The van der Waals surface area contributed by atoms with Gasteiger partial charge in [-0.2, -0.15) is 5.10 Å². The number of ketones is 1. The number of hydrogen-bond acceptors (Lipinski definition) is 3. The monoisotopic (exact) mass is 315 g/mol. The molecule has 0 aliphatic heterocycles.